The molecule has 146 valence electrons. The molecule has 1 saturated heterocycles. The lowest BCUT2D eigenvalue weighted by Crippen LogP contribution is -2.55. The van der Waals surface area contributed by atoms with Crippen molar-refractivity contribution in [2.45, 2.75) is 19.0 Å². The number of piperazine rings is 1. The number of hydrogen-bond acceptors (Lipinski definition) is 3. The zero-order chi connectivity index (χ0) is 19.3. The molecule has 2 aromatic rings. The van der Waals surface area contributed by atoms with E-state index in [-0.39, 0.29) is 11.9 Å². The van der Waals surface area contributed by atoms with Gasteiger partial charge in [0.05, 0.1) is 6.04 Å². The van der Waals surface area contributed by atoms with Crippen molar-refractivity contribution in [2.75, 3.05) is 39.8 Å². The molecular formula is C24H29N3O. The number of amides is 1. The van der Waals surface area contributed by atoms with Crippen LogP contribution in [-0.2, 0) is 17.8 Å². The van der Waals surface area contributed by atoms with Crippen molar-refractivity contribution >= 4 is 12.0 Å². The maximum absolute atomic E-state index is 13.1. The van der Waals surface area contributed by atoms with Crippen LogP contribution in [0.3, 0.4) is 0 Å². The molecule has 0 aromatic heterocycles. The molecule has 1 atom stereocenters. The third-order valence-electron chi connectivity index (χ3n) is 5.93. The van der Waals surface area contributed by atoms with E-state index >= 15 is 0 Å². The highest BCUT2D eigenvalue weighted by Crippen LogP contribution is 2.23. The smallest absolute Gasteiger partial charge is 0.240 e. The Balaban J connectivity index is 1.29. The Morgan fingerprint density at radius 3 is 2.39 bits per heavy atom. The summed E-state index contributed by atoms with van der Waals surface area (Å²) in [6.07, 6.45) is 5.22. The Labute approximate surface area is 168 Å². The van der Waals surface area contributed by atoms with E-state index in [0.717, 1.165) is 45.7 Å². The summed E-state index contributed by atoms with van der Waals surface area (Å²) >= 11 is 0. The van der Waals surface area contributed by atoms with Gasteiger partial charge in [-0.25, -0.2) is 0 Å². The second-order valence-electron chi connectivity index (χ2n) is 7.84. The molecule has 0 bridgehead atoms. The normalized spacial score (nSPS) is 21.0. The second-order valence-corrected chi connectivity index (χ2v) is 7.84. The molecule has 4 nitrogen and oxygen atoms in total. The lowest BCUT2D eigenvalue weighted by Gasteiger charge is -2.40. The number of fused-ring (bicyclic) bond motifs is 1. The summed E-state index contributed by atoms with van der Waals surface area (Å²) in [5, 5.41) is 0. The van der Waals surface area contributed by atoms with Crippen molar-refractivity contribution in [3.63, 3.8) is 0 Å². The standard InChI is InChI=1S/C24H29N3O/c1-25-19-22-12-6-5-11-21(22)18-23(25)24(28)27-16-14-26(15-17-27)13-7-10-20-8-3-2-4-9-20/h2-12,23H,13-19H2,1H3/b10-7+/t23-/m1/s1. The molecule has 0 N–H and O–H groups in total. The van der Waals surface area contributed by atoms with Crippen molar-refractivity contribution in [3.8, 4) is 0 Å². The quantitative estimate of drug-likeness (QED) is 0.822. The second kappa shape index (κ2) is 8.72. The molecule has 2 aromatic carbocycles. The van der Waals surface area contributed by atoms with Crippen LogP contribution in [0.5, 0.6) is 0 Å². The first kappa shape index (κ1) is 18.9. The largest absolute Gasteiger partial charge is 0.339 e. The summed E-state index contributed by atoms with van der Waals surface area (Å²) in [5.74, 6) is 0.288. The van der Waals surface area contributed by atoms with Gasteiger partial charge >= 0.3 is 0 Å². The number of benzene rings is 2. The van der Waals surface area contributed by atoms with Crippen LogP contribution in [0.25, 0.3) is 6.08 Å². The summed E-state index contributed by atoms with van der Waals surface area (Å²) in [4.78, 5) is 19.8. The number of hydrogen-bond donors (Lipinski definition) is 0. The molecule has 1 amide bonds. The molecule has 0 radical (unpaired) electrons. The summed E-state index contributed by atoms with van der Waals surface area (Å²) in [5.41, 5.74) is 3.91. The molecule has 0 saturated carbocycles. The fourth-order valence-electron chi connectivity index (χ4n) is 4.19. The Morgan fingerprint density at radius 2 is 1.64 bits per heavy atom. The molecule has 0 unspecified atom stereocenters. The van der Waals surface area contributed by atoms with E-state index in [9.17, 15) is 4.79 Å². The van der Waals surface area contributed by atoms with E-state index in [2.05, 4.69) is 82.4 Å². The van der Waals surface area contributed by atoms with Gasteiger partial charge in [0.15, 0.2) is 0 Å². The average molecular weight is 376 g/mol. The van der Waals surface area contributed by atoms with Gasteiger partial charge in [0.2, 0.25) is 5.91 Å². The lowest BCUT2D eigenvalue weighted by molar-refractivity contribution is -0.138. The predicted octanol–water partition coefficient (Wildman–Crippen LogP) is 2.90. The summed E-state index contributed by atoms with van der Waals surface area (Å²) in [6, 6.07) is 18.9. The zero-order valence-corrected chi connectivity index (χ0v) is 16.6. The molecule has 1 fully saturated rings. The van der Waals surface area contributed by atoms with Crippen LogP contribution in [0.1, 0.15) is 16.7 Å². The highest BCUT2D eigenvalue weighted by molar-refractivity contribution is 5.82. The summed E-state index contributed by atoms with van der Waals surface area (Å²) < 4.78 is 0. The van der Waals surface area contributed by atoms with E-state index in [1.54, 1.807) is 0 Å². The molecule has 4 heteroatoms. The van der Waals surface area contributed by atoms with Crippen molar-refractivity contribution in [3.05, 3.63) is 77.4 Å². The van der Waals surface area contributed by atoms with E-state index in [1.807, 2.05) is 6.07 Å². The van der Waals surface area contributed by atoms with Crippen molar-refractivity contribution in [2.24, 2.45) is 0 Å². The molecule has 2 aliphatic rings. The van der Waals surface area contributed by atoms with Gasteiger partial charge in [0, 0.05) is 39.3 Å². The van der Waals surface area contributed by atoms with E-state index in [1.165, 1.54) is 16.7 Å². The van der Waals surface area contributed by atoms with E-state index in [4.69, 9.17) is 0 Å². The third-order valence-corrected chi connectivity index (χ3v) is 5.93. The Bertz CT molecular complexity index is 825. The van der Waals surface area contributed by atoms with Crippen LogP contribution in [-0.4, -0.2) is 66.4 Å². The van der Waals surface area contributed by atoms with Gasteiger partial charge in [-0.15, -0.1) is 0 Å². The maximum atomic E-state index is 13.1. The monoisotopic (exact) mass is 375 g/mol. The van der Waals surface area contributed by atoms with E-state index < -0.39 is 0 Å². The van der Waals surface area contributed by atoms with Crippen molar-refractivity contribution < 1.29 is 4.79 Å². The molecule has 0 spiro atoms. The van der Waals surface area contributed by atoms with E-state index in [0.29, 0.717) is 0 Å². The number of rotatable bonds is 4. The fraction of sp³-hybridized carbons (Fsp3) is 0.375. The van der Waals surface area contributed by atoms with Gasteiger partial charge in [0.1, 0.15) is 0 Å². The molecular weight excluding hydrogens is 346 g/mol. The minimum atomic E-state index is -0.0283. The highest BCUT2D eigenvalue weighted by Gasteiger charge is 2.33. The van der Waals surface area contributed by atoms with Crippen LogP contribution in [0.2, 0.25) is 0 Å². The Morgan fingerprint density at radius 1 is 0.964 bits per heavy atom. The van der Waals surface area contributed by atoms with Crippen LogP contribution in [0.15, 0.2) is 60.7 Å². The van der Waals surface area contributed by atoms with Gasteiger partial charge in [-0.05, 0) is 30.2 Å². The third kappa shape index (κ3) is 4.34. The molecule has 0 aliphatic carbocycles. The van der Waals surface area contributed by atoms with Crippen molar-refractivity contribution in [1.82, 2.24) is 14.7 Å². The average Bonchev–Trinajstić information content (AvgIpc) is 2.74. The SMILES string of the molecule is CN1Cc2ccccc2C[C@@H]1C(=O)N1CCN(C/C=C/c2ccccc2)CC1. The summed E-state index contributed by atoms with van der Waals surface area (Å²) in [7, 11) is 2.07. The first-order chi connectivity index (χ1) is 13.7. The van der Waals surface area contributed by atoms with Gasteiger partial charge in [-0.2, -0.15) is 0 Å². The predicted molar refractivity (Wildman–Crippen MR) is 114 cm³/mol. The first-order valence-corrected chi connectivity index (χ1v) is 10.2. The van der Waals surface area contributed by atoms with Crippen LogP contribution in [0.4, 0.5) is 0 Å². The Hall–Kier alpha value is -2.43. The van der Waals surface area contributed by atoms with Crippen LogP contribution < -0.4 is 0 Å². The first-order valence-electron chi connectivity index (χ1n) is 10.2. The van der Waals surface area contributed by atoms with Crippen LogP contribution >= 0.6 is 0 Å². The molecule has 28 heavy (non-hydrogen) atoms. The molecule has 2 heterocycles. The Kier molecular flexibility index (Phi) is 5.89. The van der Waals surface area contributed by atoms with Gasteiger partial charge in [-0.3, -0.25) is 14.6 Å². The van der Waals surface area contributed by atoms with Gasteiger partial charge < -0.3 is 4.90 Å². The van der Waals surface area contributed by atoms with Crippen LogP contribution in [0, 0.1) is 0 Å². The number of nitrogens with zero attached hydrogens (tertiary/aromatic N) is 3. The molecule has 4 rings (SSSR count). The fourth-order valence-corrected chi connectivity index (χ4v) is 4.19. The van der Waals surface area contributed by atoms with Gasteiger partial charge in [0.25, 0.3) is 0 Å². The maximum Gasteiger partial charge on any atom is 0.240 e. The highest BCUT2D eigenvalue weighted by atomic mass is 16.2. The minimum Gasteiger partial charge on any atom is -0.339 e. The molecule has 2 aliphatic heterocycles. The lowest BCUT2D eigenvalue weighted by atomic mass is 9.93. The number of carbonyl (C=O) groups excluding carboxylic acids is 1. The zero-order valence-electron chi connectivity index (χ0n) is 16.6. The van der Waals surface area contributed by atoms with Gasteiger partial charge in [-0.1, -0.05) is 66.7 Å². The summed E-state index contributed by atoms with van der Waals surface area (Å²) in [6.45, 7) is 5.33. The minimum absolute atomic E-state index is 0.0283. The van der Waals surface area contributed by atoms with Crippen molar-refractivity contribution in [1.29, 1.82) is 0 Å². The number of likely N-dealkylation sites (N-methyl/N-ethyl adjacent to an activating group) is 1. The number of carbonyl (C=O) groups is 1. The topological polar surface area (TPSA) is 26.8 Å².